The highest BCUT2D eigenvalue weighted by Crippen LogP contribution is 2.35. The molecule has 0 aliphatic carbocycles. The van der Waals surface area contributed by atoms with Gasteiger partial charge < -0.3 is 11.5 Å². The molecule has 2 rings (SSSR count). The Bertz CT molecular complexity index is 767. The number of hydrogen-bond acceptors (Lipinski definition) is 5. The third-order valence-electron chi connectivity index (χ3n) is 3.23. The van der Waals surface area contributed by atoms with Crippen LogP contribution in [0.1, 0.15) is 11.1 Å². The number of nitrogens with one attached hydrogen (secondary N) is 2. The summed E-state index contributed by atoms with van der Waals surface area (Å²) in [6.45, 7) is 0. The summed E-state index contributed by atoms with van der Waals surface area (Å²) in [4.78, 5) is 2.04. The maximum Gasteiger partial charge on any atom is 0.151 e. The number of aryl methyl sites for hydroxylation is 1. The molecule has 0 saturated heterocycles. The lowest BCUT2D eigenvalue weighted by Crippen LogP contribution is -2.05. The Labute approximate surface area is 159 Å². The van der Waals surface area contributed by atoms with Gasteiger partial charge in [0.05, 0.1) is 0 Å². The fourth-order valence-corrected chi connectivity index (χ4v) is 4.38. The van der Waals surface area contributed by atoms with Crippen LogP contribution in [0.4, 0.5) is 4.39 Å². The minimum Gasteiger partial charge on any atom is -0.379 e. The SMILES string of the molecule is N=C(N)SCCc1ccccc1Sc1ccc(F)cc1CSC(=N)N. The van der Waals surface area contributed by atoms with Crippen molar-refractivity contribution in [2.45, 2.75) is 22.0 Å². The zero-order valence-electron chi connectivity index (χ0n) is 13.4. The summed E-state index contributed by atoms with van der Waals surface area (Å²) in [5.41, 5.74) is 12.8. The van der Waals surface area contributed by atoms with Crippen LogP contribution in [0.15, 0.2) is 52.3 Å². The molecular weight excluding hydrogens is 375 g/mol. The molecule has 25 heavy (non-hydrogen) atoms. The van der Waals surface area contributed by atoms with Gasteiger partial charge in [0, 0.05) is 21.3 Å². The van der Waals surface area contributed by atoms with Gasteiger partial charge >= 0.3 is 0 Å². The Morgan fingerprint density at radius 3 is 2.32 bits per heavy atom. The number of hydrogen-bond donors (Lipinski definition) is 4. The first kappa shape index (κ1) is 19.7. The minimum absolute atomic E-state index is 0.0156. The van der Waals surface area contributed by atoms with Crippen molar-refractivity contribution in [3.63, 3.8) is 0 Å². The lowest BCUT2D eigenvalue weighted by molar-refractivity contribution is 0.625. The maximum atomic E-state index is 13.6. The van der Waals surface area contributed by atoms with Crippen LogP contribution < -0.4 is 11.5 Å². The van der Waals surface area contributed by atoms with Gasteiger partial charge in [-0.1, -0.05) is 53.5 Å². The van der Waals surface area contributed by atoms with Crippen molar-refractivity contribution in [2.24, 2.45) is 11.5 Å². The standard InChI is InChI=1S/C17H19FN4S3/c18-13-5-6-15(12(9-13)10-24-17(21)22)25-14-4-2-1-3-11(14)7-8-23-16(19)20/h1-6,9H,7-8,10H2,(H3,19,20)(H3,21,22). The van der Waals surface area contributed by atoms with Crippen LogP contribution in [0.5, 0.6) is 0 Å². The molecule has 0 fully saturated rings. The van der Waals surface area contributed by atoms with E-state index in [9.17, 15) is 4.39 Å². The lowest BCUT2D eigenvalue weighted by atomic mass is 10.2. The van der Waals surface area contributed by atoms with Gasteiger partial charge in [-0.05, 0) is 41.8 Å². The van der Waals surface area contributed by atoms with Gasteiger partial charge in [-0.3, -0.25) is 10.8 Å². The predicted molar refractivity (Wildman–Crippen MR) is 108 cm³/mol. The second kappa shape index (κ2) is 9.74. The van der Waals surface area contributed by atoms with Crippen LogP contribution in [-0.4, -0.2) is 16.1 Å². The summed E-state index contributed by atoms with van der Waals surface area (Å²) in [6.07, 6.45) is 0.798. The molecule has 0 atom stereocenters. The summed E-state index contributed by atoms with van der Waals surface area (Å²) in [5.74, 6) is 0.899. The molecule has 0 aliphatic heterocycles. The number of nitrogens with two attached hydrogens (primary N) is 2. The quantitative estimate of drug-likeness (QED) is 0.415. The molecule has 0 amide bonds. The van der Waals surface area contributed by atoms with Gasteiger partial charge in [-0.15, -0.1) is 0 Å². The first-order valence-electron chi connectivity index (χ1n) is 7.43. The van der Waals surface area contributed by atoms with E-state index in [1.807, 2.05) is 18.2 Å². The Morgan fingerprint density at radius 1 is 0.920 bits per heavy atom. The van der Waals surface area contributed by atoms with Crippen LogP contribution in [-0.2, 0) is 12.2 Å². The van der Waals surface area contributed by atoms with Gasteiger partial charge in [-0.2, -0.15) is 0 Å². The largest absolute Gasteiger partial charge is 0.379 e. The topological polar surface area (TPSA) is 99.7 Å². The van der Waals surface area contributed by atoms with Crippen molar-refractivity contribution in [1.82, 2.24) is 0 Å². The molecule has 4 nitrogen and oxygen atoms in total. The van der Waals surface area contributed by atoms with Crippen LogP contribution >= 0.6 is 35.3 Å². The second-order valence-corrected chi connectivity index (χ2v) is 8.32. The highest BCUT2D eigenvalue weighted by Gasteiger charge is 2.10. The molecule has 6 N–H and O–H groups in total. The summed E-state index contributed by atoms with van der Waals surface area (Å²) in [6, 6.07) is 12.7. The molecule has 0 saturated carbocycles. The molecule has 132 valence electrons. The molecule has 0 unspecified atom stereocenters. The van der Waals surface area contributed by atoms with E-state index in [0.29, 0.717) is 5.75 Å². The Balaban J connectivity index is 2.18. The Morgan fingerprint density at radius 2 is 1.60 bits per heavy atom. The fourth-order valence-electron chi connectivity index (χ4n) is 2.12. The van der Waals surface area contributed by atoms with Gasteiger partial charge in [0.1, 0.15) is 5.82 Å². The molecule has 0 spiro atoms. The lowest BCUT2D eigenvalue weighted by Gasteiger charge is -2.12. The summed E-state index contributed by atoms with van der Waals surface area (Å²) in [7, 11) is 0. The van der Waals surface area contributed by atoms with Gasteiger partial charge in [0.25, 0.3) is 0 Å². The summed E-state index contributed by atoms with van der Waals surface area (Å²) >= 11 is 4.07. The number of rotatable bonds is 7. The van der Waals surface area contributed by atoms with Crippen LogP contribution in [0, 0.1) is 16.6 Å². The summed E-state index contributed by atoms with van der Waals surface area (Å²) < 4.78 is 13.6. The molecule has 8 heteroatoms. The molecule has 0 aromatic heterocycles. The van der Waals surface area contributed by atoms with Crippen molar-refractivity contribution < 1.29 is 4.39 Å². The van der Waals surface area contributed by atoms with Crippen molar-refractivity contribution in [3.8, 4) is 0 Å². The van der Waals surface area contributed by atoms with Crippen LogP contribution in [0.3, 0.4) is 0 Å². The monoisotopic (exact) mass is 394 g/mol. The zero-order chi connectivity index (χ0) is 18.2. The van der Waals surface area contributed by atoms with E-state index in [4.69, 9.17) is 22.3 Å². The number of benzene rings is 2. The fraction of sp³-hybridized carbons (Fsp3) is 0.176. The molecule has 2 aromatic carbocycles. The predicted octanol–water partition coefficient (Wildman–Crippen LogP) is 4.27. The third-order valence-corrected chi connectivity index (χ3v) is 5.95. The molecule has 0 aliphatic rings. The Hall–Kier alpha value is -1.64. The zero-order valence-corrected chi connectivity index (χ0v) is 15.9. The van der Waals surface area contributed by atoms with Crippen molar-refractivity contribution in [3.05, 3.63) is 59.4 Å². The van der Waals surface area contributed by atoms with Crippen LogP contribution in [0.2, 0.25) is 0 Å². The van der Waals surface area contributed by atoms with E-state index in [1.54, 1.807) is 17.8 Å². The molecular formula is C17H19FN4S3. The van der Waals surface area contributed by atoms with Crippen molar-refractivity contribution in [1.29, 1.82) is 10.8 Å². The maximum absolute atomic E-state index is 13.6. The van der Waals surface area contributed by atoms with Crippen molar-refractivity contribution in [2.75, 3.05) is 5.75 Å². The average Bonchev–Trinajstić information content (AvgIpc) is 2.56. The first-order chi connectivity index (χ1) is 12.0. The number of amidine groups is 2. The molecule has 2 aromatic rings. The first-order valence-corrected chi connectivity index (χ1v) is 10.2. The highest BCUT2D eigenvalue weighted by atomic mass is 32.2. The second-order valence-electron chi connectivity index (χ2n) is 5.08. The van der Waals surface area contributed by atoms with E-state index in [0.717, 1.165) is 33.1 Å². The highest BCUT2D eigenvalue weighted by molar-refractivity contribution is 8.13. The smallest absolute Gasteiger partial charge is 0.151 e. The third kappa shape index (κ3) is 6.64. The van der Waals surface area contributed by atoms with Gasteiger partial charge in [0.15, 0.2) is 10.3 Å². The number of halogens is 1. The van der Waals surface area contributed by atoms with Crippen molar-refractivity contribution >= 4 is 45.6 Å². The van der Waals surface area contributed by atoms with Crippen LogP contribution in [0.25, 0.3) is 0 Å². The normalized spacial score (nSPS) is 10.6. The molecule has 0 radical (unpaired) electrons. The molecule has 0 bridgehead atoms. The summed E-state index contributed by atoms with van der Waals surface area (Å²) in [5, 5.41) is 14.8. The average molecular weight is 395 g/mol. The molecule has 0 heterocycles. The van der Waals surface area contributed by atoms with E-state index in [2.05, 4.69) is 6.07 Å². The minimum atomic E-state index is -0.297. The van der Waals surface area contributed by atoms with E-state index in [1.165, 1.54) is 35.7 Å². The Kier molecular flexibility index (Phi) is 7.67. The van der Waals surface area contributed by atoms with E-state index < -0.39 is 0 Å². The van der Waals surface area contributed by atoms with E-state index in [-0.39, 0.29) is 16.2 Å². The van der Waals surface area contributed by atoms with E-state index >= 15 is 0 Å². The number of thioether (sulfide) groups is 2. The van der Waals surface area contributed by atoms with Gasteiger partial charge in [0.2, 0.25) is 0 Å². The van der Waals surface area contributed by atoms with Gasteiger partial charge in [-0.25, -0.2) is 4.39 Å².